The van der Waals surface area contributed by atoms with Crippen molar-refractivity contribution in [1.29, 1.82) is 0 Å². The van der Waals surface area contributed by atoms with Crippen LogP contribution in [0.15, 0.2) is 200 Å². The molecule has 2 aliphatic rings. The topological polar surface area (TPSA) is 68.1 Å². The van der Waals surface area contributed by atoms with Crippen LogP contribution in [0.5, 0.6) is 0 Å². The van der Waals surface area contributed by atoms with E-state index in [1.165, 1.54) is 0 Å². The second kappa shape index (κ2) is 17.6. The van der Waals surface area contributed by atoms with Gasteiger partial charge in [-0.15, -0.1) is 0 Å². The van der Waals surface area contributed by atoms with Gasteiger partial charge in [-0.25, -0.2) is 15.0 Å². The second-order valence-electron chi connectivity index (χ2n) is 12.9. The zero-order chi connectivity index (χ0) is 37.0. The standard InChI is InChI=1S/C49H41N3O2/c1-2-17-37(34-53)19-13-15-29-47-50-48(41-26-16-25-40(33-41)38-20-6-3-7-21-38)52-49(51-47)44-31-30-36(32-45(44)39-22-8-4-9-23-39)18-12-14-24-42-35-54-46-28-11-5-10-27-43(42)46/h2-4,6-35,43,46,53H,5H2,1H3/b17-2+,18-12+,19-13-,24-14-,29-15+,37-34+. The lowest BCUT2D eigenvalue weighted by molar-refractivity contribution is 0.193. The number of aliphatic hydroxyl groups is 1. The predicted molar refractivity (Wildman–Crippen MR) is 223 cm³/mol. The maximum Gasteiger partial charge on any atom is 0.164 e. The number of fused-ring (bicyclic) bond motifs is 1. The average Bonchev–Trinajstić information content (AvgIpc) is 3.45. The third-order valence-electron chi connectivity index (χ3n) is 9.13. The summed E-state index contributed by atoms with van der Waals surface area (Å²) in [6, 6.07) is 35.3. The molecule has 5 heteroatoms. The van der Waals surface area contributed by atoms with Gasteiger partial charge in [-0.3, -0.25) is 0 Å². The lowest BCUT2D eigenvalue weighted by Crippen LogP contribution is -2.12. The molecule has 5 nitrogen and oxygen atoms in total. The Morgan fingerprint density at radius 3 is 2.19 bits per heavy atom. The van der Waals surface area contributed by atoms with Crippen LogP contribution >= 0.6 is 0 Å². The SMILES string of the molecule is C/C=C/C(/C=C\C=C\c1nc(-c2cccc(-c3ccccc3)c2)nc(-c2ccc(/C=C/C=C\C3=COC4C=CCC=CC34)cc2-c2ccccc2)n1)=C\O. The van der Waals surface area contributed by atoms with E-state index in [-0.39, 0.29) is 12.0 Å². The van der Waals surface area contributed by atoms with Crippen LogP contribution in [0.1, 0.15) is 24.7 Å². The second-order valence-corrected chi connectivity index (χ2v) is 12.9. The smallest absolute Gasteiger partial charge is 0.164 e. The number of benzene rings is 4. The molecule has 2 heterocycles. The van der Waals surface area contributed by atoms with Crippen LogP contribution in [0, 0.1) is 5.92 Å². The van der Waals surface area contributed by atoms with Gasteiger partial charge in [-0.1, -0.05) is 158 Å². The number of ether oxygens (including phenoxy) is 1. The Morgan fingerprint density at radius 1 is 0.648 bits per heavy atom. The molecule has 2 unspecified atom stereocenters. The van der Waals surface area contributed by atoms with Gasteiger partial charge < -0.3 is 9.84 Å². The molecule has 0 bridgehead atoms. The van der Waals surface area contributed by atoms with Crippen molar-refractivity contribution in [3.63, 3.8) is 0 Å². The summed E-state index contributed by atoms with van der Waals surface area (Å²) in [5.74, 6) is 1.91. The Morgan fingerprint density at radius 2 is 1.37 bits per heavy atom. The molecule has 1 aliphatic carbocycles. The quantitative estimate of drug-likeness (QED) is 0.0842. The zero-order valence-electron chi connectivity index (χ0n) is 30.1. The minimum absolute atomic E-state index is 0.0732. The molecule has 0 amide bonds. The summed E-state index contributed by atoms with van der Waals surface area (Å²) in [4.78, 5) is 15.0. The largest absolute Gasteiger partial charge is 0.515 e. The van der Waals surface area contributed by atoms with Crippen LogP contribution in [0.4, 0.5) is 0 Å². The van der Waals surface area contributed by atoms with Gasteiger partial charge in [0.2, 0.25) is 0 Å². The van der Waals surface area contributed by atoms with E-state index < -0.39 is 0 Å². The molecule has 2 atom stereocenters. The van der Waals surface area contributed by atoms with E-state index in [9.17, 15) is 5.11 Å². The van der Waals surface area contributed by atoms with Crippen molar-refractivity contribution in [2.45, 2.75) is 19.4 Å². The summed E-state index contributed by atoms with van der Waals surface area (Å²) >= 11 is 0. The van der Waals surface area contributed by atoms with Gasteiger partial charge in [0.05, 0.1) is 12.5 Å². The highest BCUT2D eigenvalue weighted by Crippen LogP contribution is 2.34. The fourth-order valence-electron chi connectivity index (χ4n) is 6.44. The molecule has 1 N–H and O–H groups in total. The van der Waals surface area contributed by atoms with Crippen LogP contribution in [0.3, 0.4) is 0 Å². The van der Waals surface area contributed by atoms with Crippen molar-refractivity contribution in [2.24, 2.45) is 5.92 Å². The van der Waals surface area contributed by atoms with Crippen LogP contribution in [-0.2, 0) is 4.74 Å². The molecular weight excluding hydrogens is 663 g/mol. The first-order chi connectivity index (χ1) is 26.7. The van der Waals surface area contributed by atoms with Crippen LogP contribution in [0.2, 0.25) is 0 Å². The van der Waals surface area contributed by atoms with Crippen LogP contribution < -0.4 is 0 Å². The Labute approximate surface area is 317 Å². The third-order valence-corrected chi connectivity index (χ3v) is 9.13. The molecule has 7 rings (SSSR count). The molecule has 1 aromatic heterocycles. The molecule has 0 saturated heterocycles. The first-order valence-corrected chi connectivity index (χ1v) is 18.2. The zero-order valence-corrected chi connectivity index (χ0v) is 30.1. The highest BCUT2D eigenvalue weighted by atomic mass is 16.5. The van der Waals surface area contributed by atoms with E-state index >= 15 is 0 Å². The van der Waals surface area contributed by atoms with E-state index in [1.807, 2.05) is 98.2 Å². The number of nitrogens with zero attached hydrogens (tertiary/aromatic N) is 3. The van der Waals surface area contributed by atoms with Gasteiger partial charge in [0, 0.05) is 22.6 Å². The number of rotatable bonds is 11. The number of aromatic nitrogens is 3. The summed E-state index contributed by atoms with van der Waals surface area (Å²) in [6.45, 7) is 1.91. The molecule has 54 heavy (non-hydrogen) atoms. The molecule has 0 saturated carbocycles. The van der Waals surface area contributed by atoms with E-state index in [2.05, 4.69) is 103 Å². The number of hydrogen-bond donors (Lipinski definition) is 1. The van der Waals surface area contributed by atoms with Crippen molar-refractivity contribution in [2.75, 3.05) is 0 Å². The normalized spacial score (nSPS) is 17.2. The predicted octanol–water partition coefficient (Wildman–Crippen LogP) is 12.1. The maximum absolute atomic E-state index is 9.55. The molecule has 0 spiro atoms. The third kappa shape index (κ3) is 8.77. The molecule has 264 valence electrons. The lowest BCUT2D eigenvalue weighted by Gasteiger charge is -2.13. The molecule has 1 aliphatic heterocycles. The van der Waals surface area contributed by atoms with E-state index in [0.29, 0.717) is 23.0 Å². The van der Waals surface area contributed by atoms with Gasteiger partial charge >= 0.3 is 0 Å². The van der Waals surface area contributed by atoms with Gasteiger partial charge in [0.1, 0.15) is 6.10 Å². The summed E-state index contributed by atoms with van der Waals surface area (Å²) in [6.07, 6.45) is 32.2. The van der Waals surface area contributed by atoms with Gasteiger partial charge in [-0.2, -0.15) is 0 Å². The highest BCUT2D eigenvalue weighted by molar-refractivity contribution is 5.83. The van der Waals surface area contributed by atoms with Crippen molar-refractivity contribution < 1.29 is 9.84 Å². The molecule has 4 aromatic carbocycles. The summed E-state index contributed by atoms with van der Waals surface area (Å²) in [5.41, 5.74) is 8.96. The van der Waals surface area contributed by atoms with E-state index in [4.69, 9.17) is 19.7 Å². The van der Waals surface area contributed by atoms with Crippen LogP contribution in [-0.4, -0.2) is 26.2 Å². The first kappa shape index (κ1) is 35.5. The van der Waals surface area contributed by atoms with Crippen molar-refractivity contribution in [1.82, 2.24) is 15.0 Å². The van der Waals surface area contributed by atoms with Gasteiger partial charge in [-0.05, 0) is 77.1 Å². The summed E-state index contributed by atoms with van der Waals surface area (Å²) < 4.78 is 5.89. The molecule has 0 fully saturated rings. The van der Waals surface area contributed by atoms with Crippen molar-refractivity contribution >= 4 is 12.2 Å². The molecular formula is C49H41N3O2. The number of allylic oxidation sites excluding steroid dienone is 11. The lowest BCUT2D eigenvalue weighted by atomic mass is 9.95. The van der Waals surface area contributed by atoms with E-state index in [1.54, 1.807) is 0 Å². The average molecular weight is 704 g/mol. The fraction of sp³-hybridized carbons (Fsp3) is 0.0816. The van der Waals surface area contributed by atoms with Crippen molar-refractivity contribution in [3.05, 3.63) is 211 Å². The number of aliphatic hydroxyl groups excluding tert-OH is 1. The fourth-order valence-corrected chi connectivity index (χ4v) is 6.44. The maximum atomic E-state index is 9.55. The Balaban J connectivity index is 1.26. The van der Waals surface area contributed by atoms with Gasteiger partial charge in [0.25, 0.3) is 0 Å². The number of hydrogen-bond acceptors (Lipinski definition) is 5. The molecule has 5 aromatic rings. The minimum atomic E-state index is 0.0732. The Hall–Kier alpha value is -6.85. The highest BCUT2D eigenvalue weighted by Gasteiger charge is 2.26. The Bertz CT molecular complexity index is 2360. The van der Waals surface area contributed by atoms with E-state index in [0.717, 1.165) is 57.2 Å². The monoisotopic (exact) mass is 703 g/mol. The Kier molecular flexibility index (Phi) is 11.6. The van der Waals surface area contributed by atoms with Crippen molar-refractivity contribution in [3.8, 4) is 45.0 Å². The van der Waals surface area contributed by atoms with Gasteiger partial charge in [0.15, 0.2) is 17.5 Å². The molecule has 0 radical (unpaired) electrons. The summed E-state index contributed by atoms with van der Waals surface area (Å²) in [5, 5.41) is 9.55. The summed E-state index contributed by atoms with van der Waals surface area (Å²) in [7, 11) is 0. The minimum Gasteiger partial charge on any atom is -0.515 e. The van der Waals surface area contributed by atoms with Crippen LogP contribution in [0.25, 0.3) is 57.2 Å². The first-order valence-electron chi connectivity index (χ1n) is 18.2.